The summed E-state index contributed by atoms with van der Waals surface area (Å²) < 4.78 is 5.11. The number of anilines is 1. The highest BCUT2D eigenvalue weighted by atomic mass is 16.5. The number of nitrogens with one attached hydrogen (secondary N) is 2. The van der Waals surface area contributed by atoms with E-state index in [1.165, 1.54) is 6.20 Å². The van der Waals surface area contributed by atoms with Crippen LogP contribution in [-0.4, -0.2) is 18.0 Å². The summed E-state index contributed by atoms with van der Waals surface area (Å²) in [6.07, 6.45) is 4.61. The van der Waals surface area contributed by atoms with Crippen molar-refractivity contribution in [3.8, 4) is 11.8 Å². The largest absolute Gasteiger partial charge is 0.497 e. The third-order valence-corrected chi connectivity index (χ3v) is 3.37. The van der Waals surface area contributed by atoms with E-state index < -0.39 is 5.91 Å². The maximum Gasteiger partial charge on any atom is 0.263 e. The van der Waals surface area contributed by atoms with Crippen LogP contribution in [0, 0.1) is 11.3 Å². The van der Waals surface area contributed by atoms with Crippen molar-refractivity contribution in [2.75, 3.05) is 12.4 Å². The Morgan fingerprint density at radius 3 is 2.67 bits per heavy atom. The van der Waals surface area contributed by atoms with Gasteiger partial charge >= 0.3 is 0 Å². The fourth-order valence-corrected chi connectivity index (χ4v) is 2.00. The molecule has 0 aliphatic carbocycles. The highest BCUT2D eigenvalue weighted by Gasteiger charge is 2.13. The van der Waals surface area contributed by atoms with Gasteiger partial charge in [0.15, 0.2) is 0 Å². The summed E-state index contributed by atoms with van der Waals surface area (Å²) in [5.74, 6) is 0.299. The van der Waals surface area contributed by atoms with Gasteiger partial charge in [-0.1, -0.05) is 12.1 Å². The van der Waals surface area contributed by atoms with Crippen molar-refractivity contribution in [3.63, 3.8) is 0 Å². The molecular weight excluding hydrogens is 304 g/mol. The number of nitrogens with zero attached hydrogens (tertiary/aromatic N) is 2. The summed E-state index contributed by atoms with van der Waals surface area (Å²) in [6, 6.07) is 12.6. The van der Waals surface area contributed by atoms with Gasteiger partial charge in [-0.05, 0) is 36.8 Å². The number of benzene rings is 1. The lowest BCUT2D eigenvalue weighted by Gasteiger charge is -2.14. The molecule has 122 valence electrons. The lowest BCUT2D eigenvalue weighted by Crippen LogP contribution is -2.28. The zero-order chi connectivity index (χ0) is 17.4. The second-order valence-corrected chi connectivity index (χ2v) is 5.02. The van der Waals surface area contributed by atoms with Gasteiger partial charge in [-0.25, -0.2) is 0 Å². The number of ether oxygens (including phenoxy) is 1. The second kappa shape index (κ2) is 8.34. The normalized spacial score (nSPS) is 12.0. The number of methoxy groups -OCH3 is 1. The minimum absolute atomic E-state index is 0.0146. The monoisotopic (exact) mass is 322 g/mol. The van der Waals surface area contributed by atoms with Crippen molar-refractivity contribution in [1.82, 2.24) is 10.3 Å². The lowest BCUT2D eigenvalue weighted by atomic mass is 10.1. The maximum absolute atomic E-state index is 12.2. The number of aromatic nitrogens is 1. The van der Waals surface area contributed by atoms with Crippen molar-refractivity contribution in [2.24, 2.45) is 0 Å². The SMILES string of the molecule is COc1ccc(C(C)NC(=O)/C(C#N)=C\Nc2cccnc2)cc1. The average Bonchev–Trinajstić information content (AvgIpc) is 2.63. The molecule has 0 bridgehead atoms. The molecule has 6 heteroatoms. The highest BCUT2D eigenvalue weighted by molar-refractivity contribution is 5.97. The molecule has 0 aliphatic heterocycles. The first-order valence-electron chi connectivity index (χ1n) is 7.35. The molecule has 1 unspecified atom stereocenters. The highest BCUT2D eigenvalue weighted by Crippen LogP contribution is 2.17. The molecule has 0 radical (unpaired) electrons. The van der Waals surface area contributed by atoms with Gasteiger partial charge in [0.1, 0.15) is 17.4 Å². The van der Waals surface area contributed by atoms with Gasteiger partial charge < -0.3 is 15.4 Å². The first-order chi connectivity index (χ1) is 11.6. The molecule has 0 spiro atoms. The number of carbonyl (C=O) groups excluding carboxylic acids is 1. The van der Waals surface area contributed by atoms with E-state index in [0.29, 0.717) is 5.69 Å². The quantitative estimate of drug-likeness (QED) is 0.631. The van der Waals surface area contributed by atoms with Crippen LogP contribution in [0.25, 0.3) is 0 Å². The minimum atomic E-state index is -0.447. The van der Waals surface area contributed by atoms with Crippen molar-refractivity contribution in [1.29, 1.82) is 5.26 Å². The number of hydrogen-bond acceptors (Lipinski definition) is 5. The van der Waals surface area contributed by atoms with Crippen molar-refractivity contribution in [2.45, 2.75) is 13.0 Å². The average molecular weight is 322 g/mol. The smallest absolute Gasteiger partial charge is 0.263 e. The topological polar surface area (TPSA) is 87.0 Å². The summed E-state index contributed by atoms with van der Waals surface area (Å²) in [4.78, 5) is 16.2. The zero-order valence-corrected chi connectivity index (χ0v) is 13.5. The molecule has 1 aromatic carbocycles. The third kappa shape index (κ3) is 4.58. The molecule has 0 saturated heterocycles. The van der Waals surface area contributed by atoms with Gasteiger partial charge in [0, 0.05) is 12.4 Å². The first-order valence-corrected chi connectivity index (χ1v) is 7.35. The first kappa shape index (κ1) is 17.0. The van der Waals surface area contributed by atoms with Crippen molar-refractivity contribution >= 4 is 11.6 Å². The number of nitriles is 1. The van der Waals surface area contributed by atoms with Crippen LogP contribution in [0.1, 0.15) is 18.5 Å². The van der Waals surface area contributed by atoms with Gasteiger partial charge in [-0.15, -0.1) is 0 Å². The zero-order valence-electron chi connectivity index (χ0n) is 13.5. The molecular formula is C18H18N4O2. The number of carbonyl (C=O) groups is 1. The fourth-order valence-electron chi connectivity index (χ4n) is 2.00. The van der Waals surface area contributed by atoms with Gasteiger partial charge in [-0.3, -0.25) is 9.78 Å². The molecule has 0 saturated carbocycles. The number of amides is 1. The number of hydrogen-bond donors (Lipinski definition) is 2. The van der Waals surface area contributed by atoms with Crippen LogP contribution in [0.4, 0.5) is 5.69 Å². The van der Waals surface area contributed by atoms with E-state index in [4.69, 9.17) is 4.74 Å². The van der Waals surface area contributed by atoms with Crippen LogP contribution < -0.4 is 15.4 Å². The standard InChI is InChI=1S/C18H18N4O2/c1-13(14-5-7-17(24-2)8-6-14)22-18(23)15(10-19)11-21-16-4-3-9-20-12-16/h3-9,11-13,21H,1-2H3,(H,22,23)/b15-11-. The predicted molar refractivity (Wildman–Crippen MR) is 91.1 cm³/mol. The second-order valence-electron chi connectivity index (χ2n) is 5.02. The molecule has 0 aliphatic rings. The van der Waals surface area contributed by atoms with Gasteiger partial charge in [-0.2, -0.15) is 5.26 Å². The van der Waals surface area contributed by atoms with Crippen LogP contribution in [0.2, 0.25) is 0 Å². The van der Waals surface area contributed by atoms with E-state index in [-0.39, 0.29) is 11.6 Å². The molecule has 2 N–H and O–H groups in total. The van der Waals surface area contributed by atoms with E-state index >= 15 is 0 Å². The van der Waals surface area contributed by atoms with Gasteiger partial charge in [0.05, 0.1) is 25.0 Å². The van der Waals surface area contributed by atoms with E-state index in [1.807, 2.05) is 37.3 Å². The number of rotatable bonds is 6. The lowest BCUT2D eigenvalue weighted by molar-refractivity contribution is -0.117. The Morgan fingerprint density at radius 1 is 1.33 bits per heavy atom. The summed E-state index contributed by atoms with van der Waals surface area (Å²) >= 11 is 0. The number of pyridine rings is 1. The Kier molecular flexibility index (Phi) is 5.92. The molecule has 2 rings (SSSR count). The summed E-state index contributed by atoms with van der Waals surface area (Å²) in [7, 11) is 1.60. The molecule has 0 fully saturated rings. The van der Waals surface area contributed by atoms with Crippen LogP contribution in [0.3, 0.4) is 0 Å². The molecule has 24 heavy (non-hydrogen) atoms. The van der Waals surface area contributed by atoms with E-state index in [0.717, 1.165) is 11.3 Å². The Hall–Kier alpha value is -3.33. The maximum atomic E-state index is 12.2. The van der Waals surface area contributed by atoms with E-state index in [9.17, 15) is 10.1 Å². The van der Waals surface area contributed by atoms with Crippen molar-refractivity contribution < 1.29 is 9.53 Å². The van der Waals surface area contributed by atoms with Crippen LogP contribution >= 0.6 is 0 Å². The molecule has 6 nitrogen and oxygen atoms in total. The van der Waals surface area contributed by atoms with E-state index in [2.05, 4.69) is 15.6 Å². The molecule has 1 aromatic heterocycles. The summed E-state index contributed by atoms with van der Waals surface area (Å²) in [6.45, 7) is 1.85. The third-order valence-electron chi connectivity index (χ3n) is 3.37. The minimum Gasteiger partial charge on any atom is -0.497 e. The Morgan fingerprint density at radius 2 is 2.08 bits per heavy atom. The Labute approximate surface area is 140 Å². The molecule has 1 amide bonds. The van der Waals surface area contributed by atoms with E-state index in [1.54, 1.807) is 31.6 Å². The van der Waals surface area contributed by atoms with Gasteiger partial charge in [0.2, 0.25) is 0 Å². The summed E-state index contributed by atoms with van der Waals surface area (Å²) in [5, 5.41) is 14.8. The van der Waals surface area contributed by atoms with Crippen LogP contribution in [0.5, 0.6) is 5.75 Å². The van der Waals surface area contributed by atoms with Crippen LogP contribution in [0.15, 0.2) is 60.6 Å². The molecule has 2 aromatic rings. The Balaban J connectivity index is 2.01. The fraction of sp³-hybridized carbons (Fsp3) is 0.167. The van der Waals surface area contributed by atoms with Gasteiger partial charge in [0.25, 0.3) is 5.91 Å². The summed E-state index contributed by atoms with van der Waals surface area (Å²) in [5.41, 5.74) is 1.60. The predicted octanol–water partition coefficient (Wildman–Crippen LogP) is 2.79. The molecule has 1 atom stereocenters. The van der Waals surface area contributed by atoms with Crippen LogP contribution in [-0.2, 0) is 4.79 Å². The Bertz CT molecular complexity index is 749. The molecule has 1 heterocycles. The van der Waals surface area contributed by atoms with Crippen molar-refractivity contribution in [3.05, 3.63) is 66.1 Å².